The van der Waals surface area contributed by atoms with Gasteiger partial charge in [-0.2, -0.15) is 0 Å². The average molecular weight is 504 g/mol. The van der Waals surface area contributed by atoms with Crippen LogP contribution in [0.3, 0.4) is 0 Å². The fraction of sp³-hybridized carbons (Fsp3) is 0.406. The molecule has 0 radical (unpaired) electrons. The van der Waals surface area contributed by atoms with Crippen molar-refractivity contribution in [1.29, 1.82) is 0 Å². The molecule has 0 saturated carbocycles. The van der Waals surface area contributed by atoms with Gasteiger partial charge in [-0.15, -0.1) is 0 Å². The van der Waals surface area contributed by atoms with E-state index in [-0.39, 0.29) is 22.5 Å². The number of carbonyl (C=O) groups excluding carboxylic acids is 3. The summed E-state index contributed by atoms with van der Waals surface area (Å²) < 4.78 is 4.25. The molecule has 0 unspecified atom stereocenters. The molecule has 1 atom stereocenters. The van der Waals surface area contributed by atoms with E-state index in [1.807, 2.05) is 43.0 Å². The molecule has 1 aliphatic heterocycles. The first-order valence-electron chi connectivity index (χ1n) is 12.8. The summed E-state index contributed by atoms with van der Waals surface area (Å²) in [6.07, 6.45) is 6.20. The number of amides is 1. The van der Waals surface area contributed by atoms with Crippen LogP contribution in [-0.4, -0.2) is 50.2 Å². The number of ether oxygens (including phenoxy) is 1. The molecule has 1 heterocycles. The van der Waals surface area contributed by atoms with Gasteiger partial charge in [0.25, 0.3) is 5.91 Å². The lowest BCUT2D eigenvalue weighted by Gasteiger charge is -2.50. The Kier molecular flexibility index (Phi) is 10.3. The summed E-state index contributed by atoms with van der Waals surface area (Å²) in [6, 6.07) is 14.7. The summed E-state index contributed by atoms with van der Waals surface area (Å²) in [6.45, 7) is 13.4. The third-order valence-electron chi connectivity index (χ3n) is 6.97. The molecule has 0 aromatic heterocycles. The number of nitrogens with zero attached hydrogens (tertiary/aromatic N) is 1. The quantitative estimate of drug-likeness (QED) is 0.259. The Hall–Kier alpha value is -3.31. The van der Waals surface area contributed by atoms with Crippen LogP contribution in [0, 0.1) is 10.8 Å². The zero-order valence-corrected chi connectivity index (χ0v) is 23.6. The Morgan fingerprint density at radius 2 is 1.54 bits per heavy atom. The number of carbonyl (C=O) groups is 3. The molecule has 5 heteroatoms. The van der Waals surface area contributed by atoms with Gasteiger partial charge in [0.15, 0.2) is 5.78 Å². The van der Waals surface area contributed by atoms with Crippen molar-refractivity contribution >= 4 is 23.5 Å². The van der Waals surface area contributed by atoms with Crippen LogP contribution in [0.1, 0.15) is 84.6 Å². The number of Topliss-reactive ketones (excluding diaryl/α,β-unsaturated/α-hetero) is 1. The first-order valence-corrected chi connectivity index (χ1v) is 12.8. The van der Waals surface area contributed by atoms with E-state index >= 15 is 0 Å². The monoisotopic (exact) mass is 503 g/mol. The van der Waals surface area contributed by atoms with Gasteiger partial charge in [0.05, 0.1) is 0 Å². The van der Waals surface area contributed by atoms with Gasteiger partial charge in [-0.05, 0) is 36.6 Å². The highest BCUT2D eigenvalue weighted by Crippen LogP contribution is 2.55. The first-order chi connectivity index (χ1) is 17.6. The third-order valence-corrected chi connectivity index (χ3v) is 6.97. The van der Waals surface area contributed by atoms with Crippen LogP contribution in [0.2, 0.25) is 0 Å². The molecule has 2 aromatic rings. The average Bonchev–Trinajstić information content (AvgIpc) is 2.89. The molecule has 5 nitrogen and oxygen atoms in total. The maximum Gasteiger partial charge on any atom is 0.254 e. The molecule has 4 rings (SSSR count). The van der Waals surface area contributed by atoms with Crippen LogP contribution in [-0.2, 0) is 4.74 Å². The first kappa shape index (κ1) is 29.9. The lowest BCUT2D eigenvalue weighted by Crippen LogP contribution is -2.48. The molecule has 0 spiro atoms. The number of allylic oxidation sites excluding steroid dienone is 2. The summed E-state index contributed by atoms with van der Waals surface area (Å²) in [7, 11) is 3.25. The molecule has 37 heavy (non-hydrogen) atoms. The number of ketones is 1. The summed E-state index contributed by atoms with van der Waals surface area (Å²) in [4.78, 5) is 37.9. The van der Waals surface area contributed by atoms with E-state index in [0.717, 1.165) is 18.3 Å². The standard InChI is InChI=1S/C28H29NO3.C2H6O.C2H6/c1-19(31)22-6-5-7-23(16-22)26(32)29-15-13-25-27(2,3)24(12-14-28(25,4)18-29)21-10-8-20(17-30)9-11-21;1-3-2;1-2/h5-13,16-17H,14-15,18H2,1-4H3;1-2H3;1-2H3/t28-;;/m1../s1. The van der Waals surface area contributed by atoms with Crippen molar-refractivity contribution in [3.8, 4) is 0 Å². The van der Waals surface area contributed by atoms with Gasteiger partial charge >= 0.3 is 0 Å². The van der Waals surface area contributed by atoms with Gasteiger partial charge < -0.3 is 9.64 Å². The molecule has 0 saturated heterocycles. The van der Waals surface area contributed by atoms with Gasteiger partial charge in [0.1, 0.15) is 6.29 Å². The number of hydrogen-bond acceptors (Lipinski definition) is 4. The van der Waals surface area contributed by atoms with Crippen molar-refractivity contribution in [3.63, 3.8) is 0 Å². The second-order valence-corrected chi connectivity index (χ2v) is 10.1. The van der Waals surface area contributed by atoms with Gasteiger partial charge in [0, 0.05) is 54.8 Å². The molecular formula is C32H41NO4. The zero-order valence-electron chi connectivity index (χ0n) is 23.6. The van der Waals surface area contributed by atoms with Crippen LogP contribution in [0.4, 0.5) is 0 Å². The Morgan fingerprint density at radius 1 is 0.946 bits per heavy atom. The van der Waals surface area contributed by atoms with E-state index in [4.69, 9.17) is 0 Å². The van der Waals surface area contributed by atoms with Crippen LogP contribution >= 0.6 is 0 Å². The fourth-order valence-electron chi connectivity index (χ4n) is 5.36. The van der Waals surface area contributed by atoms with E-state index in [9.17, 15) is 14.4 Å². The molecule has 2 aromatic carbocycles. The number of benzene rings is 2. The number of aldehydes is 1. The minimum atomic E-state index is -0.181. The normalized spacial score (nSPS) is 19.5. The van der Waals surface area contributed by atoms with E-state index < -0.39 is 0 Å². The third kappa shape index (κ3) is 6.53. The number of methoxy groups -OCH3 is 1. The second-order valence-electron chi connectivity index (χ2n) is 10.1. The number of fused-ring (bicyclic) bond motifs is 1. The van der Waals surface area contributed by atoms with Crippen LogP contribution < -0.4 is 0 Å². The van der Waals surface area contributed by atoms with Crippen molar-refractivity contribution in [2.75, 3.05) is 27.3 Å². The van der Waals surface area contributed by atoms with Gasteiger partial charge in [0.2, 0.25) is 0 Å². The van der Waals surface area contributed by atoms with Crippen molar-refractivity contribution < 1.29 is 19.1 Å². The molecule has 0 bridgehead atoms. The largest absolute Gasteiger partial charge is 0.388 e. The van der Waals surface area contributed by atoms with Gasteiger partial charge in [-0.3, -0.25) is 14.4 Å². The maximum absolute atomic E-state index is 13.2. The van der Waals surface area contributed by atoms with Crippen molar-refractivity contribution in [3.05, 3.63) is 88.5 Å². The SMILES string of the molecule is CC.CC(=O)c1cccc(C(=O)N2CC=C3C(C)(C)C(c4ccc(C=O)cc4)=CC[C@]3(C)C2)c1.COC. The lowest BCUT2D eigenvalue weighted by molar-refractivity contribution is 0.0682. The number of rotatable bonds is 4. The van der Waals surface area contributed by atoms with Crippen LogP contribution in [0.25, 0.3) is 5.57 Å². The van der Waals surface area contributed by atoms with Crippen molar-refractivity contribution in [2.24, 2.45) is 10.8 Å². The van der Waals surface area contributed by atoms with Crippen molar-refractivity contribution in [2.45, 2.75) is 48.0 Å². The molecule has 1 amide bonds. The lowest BCUT2D eigenvalue weighted by atomic mass is 9.58. The van der Waals surface area contributed by atoms with E-state index in [1.165, 1.54) is 18.1 Å². The fourth-order valence-corrected chi connectivity index (χ4v) is 5.36. The summed E-state index contributed by atoms with van der Waals surface area (Å²) in [5.74, 6) is -0.0815. The van der Waals surface area contributed by atoms with Gasteiger partial charge in [-0.25, -0.2) is 0 Å². The molecular weight excluding hydrogens is 462 g/mol. The minimum absolute atomic E-state index is 0.0401. The van der Waals surface area contributed by atoms with Gasteiger partial charge in [-0.1, -0.05) is 88.7 Å². The summed E-state index contributed by atoms with van der Waals surface area (Å²) >= 11 is 0. The maximum atomic E-state index is 13.2. The second kappa shape index (κ2) is 12.8. The van der Waals surface area contributed by atoms with Crippen LogP contribution in [0.15, 0.2) is 66.3 Å². The van der Waals surface area contributed by atoms with E-state index in [1.54, 1.807) is 38.5 Å². The topological polar surface area (TPSA) is 63.7 Å². The molecule has 0 N–H and O–H groups in total. The zero-order chi connectivity index (χ0) is 27.8. The highest BCUT2D eigenvalue weighted by atomic mass is 16.4. The smallest absolute Gasteiger partial charge is 0.254 e. The minimum Gasteiger partial charge on any atom is -0.388 e. The summed E-state index contributed by atoms with van der Waals surface area (Å²) in [5, 5.41) is 0. The molecule has 1 aliphatic carbocycles. The Bertz CT molecular complexity index is 1170. The Balaban J connectivity index is 0.000000898. The van der Waals surface area contributed by atoms with E-state index in [2.05, 4.69) is 37.7 Å². The Labute approximate surface area is 222 Å². The predicted octanol–water partition coefficient (Wildman–Crippen LogP) is 6.89. The summed E-state index contributed by atoms with van der Waals surface area (Å²) in [5.41, 5.74) is 5.19. The molecule has 0 fully saturated rings. The van der Waals surface area contributed by atoms with Crippen molar-refractivity contribution in [1.82, 2.24) is 4.90 Å². The number of hydrogen-bond donors (Lipinski definition) is 0. The highest BCUT2D eigenvalue weighted by Gasteiger charge is 2.46. The predicted molar refractivity (Wildman–Crippen MR) is 151 cm³/mol. The molecule has 2 aliphatic rings. The van der Waals surface area contributed by atoms with E-state index in [0.29, 0.717) is 29.8 Å². The van der Waals surface area contributed by atoms with Crippen LogP contribution in [0.5, 0.6) is 0 Å². The molecule has 198 valence electrons. The highest BCUT2D eigenvalue weighted by molar-refractivity contribution is 5.99. The Morgan fingerprint density at radius 3 is 2.11 bits per heavy atom.